The number of nitrogens with one attached hydrogen (secondary N) is 2. The van der Waals surface area contributed by atoms with Crippen LogP contribution in [0.3, 0.4) is 0 Å². The van der Waals surface area contributed by atoms with E-state index >= 15 is 0 Å². The Hall–Kier alpha value is -2.63. The van der Waals surface area contributed by atoms with E-state index in [9.17, 15) is 14.4 Å². The van der Waals surface area contributed by atoms with Crippen LogP contribution in [0.25, 0.3) is 0 Å². The highest BCUT2D eigenvalue weighted by molar-refractivity contribution is 5.76. The van der Waals surface area contributed by atoms with Crippen LogP contribution in [0.5, 0.6) is 0 Å². The van der Waals surface area contributed by atoms with E-state index in [0.29, 0.717) is 5.92 Å². The van der Waals surface area contributed by atoms with Gasteiger partial charge in [0.25, 0.3) is 5.56 Å². The van der Waals surface area contributed by atoms with Gasteiger partial charge in [0.2, 0.25) is 5.91 Å². The monoisotopic (exact) mass is 357 g/mol. The third-order valence-corrected chi connectivity index (χ3v) is 4.18. The molecule has 0 fully saturated rings. The summed E-state index contributed by atoms with van der Waals surface area (Å²) in [4.78, 5) is 37.4. The van der Waals surface area contributed by atoms with Crippen LogP contribution < -0.4 is 16.6 Å². The van der Waals surface area contributed by atoms with E-state index < -0.39 is 11.2 Å². The fourth-order valence-corrected chi connectivity index (χ4v) is 2.91. The summed E-state index contributed by atoms with van der Waals surface area (Å²) in [7, 11) is 0. The molecule has 1 aromatic carbocycles. The van der Waals surface area contributed by atoms with E-state index in [1.807, 2.05) is 13.8 Å². The summed E-state index contributed by atoms with van der Waals surface area (Å²) in [6.45, 7) is 8.32. The van der Waals surface area contributed by atoms with Gasteiger partial charge in [0.1, 0.15) is 6.54 Å². The summed E-state index contributed by atoms with van der Waals surface area (Å²) in [5.74, 6) is 0.517. The Balaban J connectivity index is 2.11. The second kappa shape index (κ2) is 8.65. The molecule has 0 spiro atoms. The number of nitrogens with zero attached hydrogens (tertiary/aromatic N) is 1. The first-order valence-electron chi connectivity index (χ1n) is 8.94. The molecule has 140 valence electrons. The minimum atomic E-state index is -0.591. The molecule has 0 saturated heterocycles. The zero-order valence-corrected chi connectivity index (χ0v) is 15.8. The average Bonchev–Trinajstić information content (AvgIpc) is 2.55. The van der Waals surface area contributed by atoms with Gasteiger partial charge in [-0.1, -0.05) is 52.0 Å². The third-order valence-electron chi connectivity index (χ3n) is 4.18. The number of aromatic nitrogens is 2. The van der Waals surface area contributed by atoms with Crippen molar-refractivity contribution in [2.75, 3.05) is 0 Å². The number of H-pyrrole nitrogens is 1. The Morgan fingerprint density at radius 1 is 1.08 bits per heavy atom. The van der Waals surface area contributed by atoms with Crippen molar-refractivity contribution >= 4 is 5.91 Å². The zero-order valence-electron chi connectivity index (χ0n) is 15.8. The maximum absolute atomic E-state index is 12.4. The fourth-order valence-electron chi connectivity index (χ4n) is 2.91. The average molecular weight is 357 g/mol. The van der Waals surface area contributed by atoms with E-state index in [1.165, 1.54) is 22.4 Å². The number of carbonyl (C=O) groups is 1. The van der Waals surface area contributed by atoms with Gasteiger partial charge in [-0.15, -0.1) is 0 Å². The van der Waals surface area contributed by atoms with Gasteiger partial charge in [-0.25, -0.2) is 4.79 Å². The molecular weight excluding hydrogens is 330 g/mol. The smallest absolute Gasteiger partial charge is 0.328 e. The lowest BCUT2D eigenvalue weighted by Gasteiger charge is -2.23. The molecular formula is C20H27N3O3. The first-order chi connectivity index (χ1) is 12.3. The van der Waals surface area contributed by atoms with Crippen molar-refractivity contribution < 1.29 is 4.79 Å². The first kappa shape index (κ1) is 19.7. The SMILES string of the molecule is CC(C)Cc1ccc(C(NC(=O)Cn2ccc(=O)[nH]c2=O)C(C)C)cc1. The topological polar surface area (TPSA) is 84.0 Å². The summed E-state index contributed by atoms with van der Waals surface area (Å²) in [5.41, 5.74) is 1.24. The molecule has 2 rings (SSSR count). The summed E-state index contributed by atoms with van der Waals surface area (Å²) in [6.07, 6.45) is 2.35. The standard InChI is InChI=1S/C20H27N3O3/c1-13(2)11-15-5-7-16(8-6-15)19(14(3)4)21-18(25)12-23-10-9-17(24)22-20(23)26/h5-10,13-14,19H,11-12H2,1-4H3,(H,21,25)(H,22,24,26). The van der Waals surface area contributed by atoms with Crippen LogP contribution in [-0.4, -0.2) is 15.5 Å². The van der Waals surface area contributed by atoms with Gasteiger partial charge in [0, 0.05) is 12.3 Å². The maximum Gasteiger partial charge on any atom is 0.328 e. The second-order valence-electron chi connectivity index (χ2n) is 7.37. The van der Waals surface area contributed by atoms with E-state index in [4.69, 9.17) is 0 Å². The molecule has 1 heterocycles. The Labute approximate surface area is 153 Å². The van der Waals surface area contributed by atoms with E-state index in [2.05, 4.69) is 48.4 Å². The Morgan fingerprint density at radius 2 is 1.73 bits per heavy atom. The lowest BCUT2D eigenvalue weighted by Crippen LogP contribution is -2.38. The van der Waals surface area contributed by atoms with Crippen molar-refractivity contribution in [2.24, 2.45) is 11.8 Å². The van der Waals surface area contributed by atoms with Crippen molar-refractivity contribution in [2.45, 2.75) is 46.7 Å². The van der Waals surface area contributed by atoms with Crippen molar-refractivity contribution in [3.8, 4) is 0 Å². The highest BCUT2D eigenvalue weighted by atomic mass is 16.2. The molecule has 0 aliphatic carbocycles. The summed E-state index contributed by atoms with van der Waals surface area (Å²) < 4.78 is 1.18. The van der Waals surface area contributed by atoms with Gasteiger partial charge < -0.3 is 5.32 Å². The van der Waals surface area contributed by atoms with Crippen molar-refractivity contribution in [3.05, 3.63) is 68.5 Å². The molecule has 1 atom stereocenters. The number of aromatic amines is 1. The number of carbonyl (C=O) groups excluding carboxylic acids is 1. The largest absolute Gasteiger partial charge is 0.347 e. The molecule has 1 aromatic heterocycles. The molecule has 26 heavy (non-hydrogen) atoms. The molecule has 1 unspecified atom stereocenters. The molecule has 6 heteroatoms. The van der Waals surface area contributed by atoms with Gasteiger partial charge in [-0.3, -0.25) is 19.1 Å². The fraction of sp³-hybridized carbons (Fsp3) is 0.450. The molecule has 0 aliphatic heterocycles. The van der Waals surface area contributed by atoms with Crippen molar-refractivity contribution in [1.82, 2.24) is 14.9 Å². The van der Waals surface area contributed by atoms with E-state index in [1.54, 1.807) is 0 Å². The lowest BCUT2D eigenvalue weighted by molar-refractivity contribution is -0.122. The zero-order chi connectivity index (χ0) is 19.3. The minimum absolute atomic E-state index is 0.135. The van der Waals surface area contributed by atoms with Crippen LogP contribution in [0, 0.1) is 11.8 Å². The quantitative estimate of drug-likeness (QED) is 0.797. The van der Waals surface area contributed by atoms with Crippen LogP contribution in [0.1, 0.15) is 44.9 Å². The van der Waals surface area contributed by atoms with Crippen LogP contribution in [0.4, 0.5) is 0 Å². The van der Waals surface area contributed by atoms with Crippen LogP contribution in [0.15, 0.2) is 46.1 Å². The molecule has 1 amide bonds. The van der Waals surface area contributed by atoms with Crippen molar-refractivity contribution in [3.63, 3.8) is 0 Å². The van der Waals surface area contributed by atoms with Gasteiger partial charge in [0.05, 0.1) is 6.04 Å². The van der Waals surface area contributed by atoms with Gasteiger partial charge >= 0.3 is 5.69 Å². The molecule has 0 radical (unpaired) electrons. The van der Waals surface area contributed by atoms with Gasteiger partial charge in [-0.05, 0) is 29.4 Å². The second-order valence-corrected chi connectivity index (χ2v) is 7.37. The Morgan fingerprint density at radius 3 is 2.27 bits per heavy atom. The molecule has 2 aromatic rings. The molecule has 6 nitrogen and oxygen atoms in total. The first-order valence-corrected chi connectivity index (χ1v) is 8.94. The number of rotatable bonds is 7. The van der Waals surface area contributed by atoms with E-state index in [0.717, 1.165) is 12.0 Å². The number of amides is 1. The maximum atomic E-state index is 12.4. The minimum Gasteiger partial charge on any atom is -0.347 e. The molecule has 0 aliphatic rings. The van der Waals surface area contributed by atoms with Crippen LogP contribution in [-0.2, 0) is 17.8 Å². The molecule has 0 saturated carbocycles. The number of benzene rings is 1. The normalized spacial score (nSPS) is 12.4. The van der Waals surface area contributed by atoms with Gasteiger partial charge in [-0.2, -0.15) is 0 Å². The highest BCUT2D eigenvalue weighted by Crippen LogP contribution is 2.22. The third kappa shape index (κ3) is 5.44. The number of hydrogen-bond acceptors (Lipinski definition) is 3. The summed E-state index contributed by atoms with van der Waals surface area (Å²) >= 11 is 0. The summed E-state index contributed by atoms with van der Waals surface area (Å²) in [5, 5.41) is 2.99. The van der Waals surface area contributed by atoms with Crippen LogP contribution in [0.2, 0.25) is 0 Å². The predicted molar refractivity (Wildman–Crippen MR) is 102 cm³/mol. The van der Waals surface area contributed by atoms with Crippen LogP contribution >= 0.6 is 0 Å². The summed E-state index contributed by atoms with van der Waals surface area (Å²) in [6, 6.07) is 9.38. The Kier molecular flexibility index (Phi) is 6.55. The molecule has 2 N–H and O–H groups in total. The van der Waals surface area contributed by atoms with E-state index in [-0.39, 0.29) is 24.4 Å². The van der Waals surface area contributed by atoms with Crippen molar-refractivity contribution in [1.29, 1.82) is 0 Å². The van der Waals surface area contributed by atoms with Gasteiger partial charge in [0.15, 0.2) is 0 Å². The number of hydrogen-bond donors (Lipinski definition) is 2. The predicted octanol–water partition coefficient (Wildman–Crippen LogP) is 2.25. The molecule has 0 bridgehead atoms. The lowest BCUT2D eigenvalue weighted by atomic mass is 9.93. The Bertz CT molecular complexity index is 848. The highest BCUT2D eigenvalue weighted by Gasteiger charge is 2.19.